The maximum atomic E-state index is 12.0. The van der Waals surface area contributed by atoms with Gasteiger partial charge in [0.05, 0.1) is 6.42 Å². The number of carbonyl (C=O) groups is 5. The quantitative estimate of drug-likeness (QED) is 0.329. The Hall–Kier alpha value is -2.65. The molecule has 10 nitrogen and oxygen atoms in total. The molecular weight excluding hydrogens is 294 g/mol. The second-order valence-corrected chi connectivity index (χ2v) is 5.02. The first kappa shape index (κ1) is 17.4. The van der Waals surface area contributed by atoms with Crippen LogP contribution in [-0.4, -0.2) is 47.7 Å². The lowest BCUT2D eigenvalue weighted by molar-refractivity contribution is -0.133. The van der Waals surface area contributed by atoms with E-state index in [2.05, 4.69) is 16.0 Å². The SMILES string of the molecule is C[C@H](NC(=O)[C@H](CC(N)=O)NC(=O)[C@@H]1CCC(=O)N1)C(N)=O. The number of rotatable bonds is 7. The third-order valence-electron chi connectivity index (χ3n) is 3.14. The standard InChI is InChI=1S/C12H19N5O5/c1-5(10(14)20)15-12(22)7(4-8(13)18)17-11(21)6-2-3-9(19)16-6/h5-7H,2-4H2,1H3,(H2,13,18)(H2,14,20)(H,15,22)(H,16,19)(H,17,21)/t5-,6-,7-/m0/s1. The largest absolute Gasteiger partial charge is 0.370 e. The summed E-state index contributed by atoms with van der Waals surface area (Å²) in [7, 11) is 0. The second-order valence-electron chi connectivity index (χ2n) is 5.02. The zero-order valence-corrected chi connectivity index (χ0v) is 12.0. The van der Waals surface area contributed by atoms with Crippen molar-refractivity contribution in [3.8, 4) is 0 Å². The smallest absolute Gasteiger partial charge is 0.243 e. The fourth-order valence-electron chi connectivity index (χ4n) is 1.88. The zero-order valence-electron chi connectivity index (χ0n) is 12.0. The maximum Gasteiger partial charge on any atom is 0.243 e. The van der Waals surface area contributed by atoms with E-state index in [9.17, 15) is 24.0 Å². The molecule has 0 spiro atoms. The molecule has 1 aliphatic heterocycles. The van der Waals surface area contributed by atoms with E-state index in [1.165, 1.54) is 6.92 Å². The molecule has 0 aliphatic carbocycles. The first-order chi connectivity index (χ1) is 10.2. The predicted molar refractivity (Wildman–Crippen MR) is 73.7 cm³/mol. The number of nitrogens with two attached hydrogens (primary N) is 2. The third kappa shape index (κ3) is 5.04. The van der Waals surface area contributed by atoms with Crippen LogP contribution in [0.1, 0.15) is 26.2 Å². The van der Waals surface area contributed by atoms with E-state index in [1.54, 1.807) is 0 Å². The van der Waals surface area contributed by atoms with E-state index < -0.39 is 48.2 Å². The minimum absolute atomic E-state index is 0.212. The first-order valence-corrected chi connectivity index (χ1v) is 6.68. The number of primary amides is 2. The van der Waals surface area contributed by atoms with Crippen LogP contribution < -0.4 is 27.4 Å². The topological polar surface area (TPSA) is 173 Å². The summed E-state index contributed by atoms with van der Waals surface area (Å²) in [6.45, 7) is 1.36. The van der Waals surface area contributed by atoms with Crippen molar-refractivity contribution in [3.05, 3.63) is 0 Å². The third-order valence-corrected chi connectivity index (χ3v) is 3.14. The van der Waals surface area contributed by atoms with Crippen LogP contribution in [0.5, 0.6) is 0 Å². The van der Waals surface area contributed by atoms with Gasteiger partial charge in [-0.25, -0.2) is 0 Å². The molecule has 1 heterocycles. The van der Waals surface area contributed by atoms with E-state index in [1.807, 2.05) is 0 Å². The molecule has 5 amide bonds. The van der Waals surface area contributed by atoms with Gasteiger partial charge < -0.3 is 27.4 Å². The van der Waals surface area contributed by atoms with Gasteiger partial charge in [-0.2, -0.15) is 0 Å². The van der Waals surface area contributed by atoms with E-state index in [0.717, 1.165) is 0 Å². The number of hydrogen-bond acceptors (Lipinski definition) is 5. The van der Waals surface area contributed by atoms with Gasteiger partial charge in [0.15, 0.2) is 0 Å². The van der Waals surface area contributed by atoms with E-state index in [4.69, 9.17) is 11.5 Å². The molecule has 1 aliphatic rings. The molecule has 0 aromatic carbocycles. The Balaban J connectivity index is 2.69. The molecule has 122 valence electrons. The van der Waals surface area contributed by atoms with Crippen LogP contribution in [0.4, 0.5) is 0 Å². The van der Waals surface area contributed by atoms with Crippen molar-refractivity contribution in [2.24, 2.45) is 11.5 Å². The lowest BCUT2D eigenvalue weighted by Crippen LogP contribution is -2.55. The Morgan fingerprint density at radius 2 is 1.91 bits per heavy atom. The lowest BCUT2D eigenvalue weighted by atomic mass is 10.1. The van der Waals surface area contributed by atoms with Crippen molar-refractivity contribution >= 4 is 29.5 Å². The van der Waals surface area contributed by atoms with Crippen molar-refractivity contribution < 1.29 is 24.0 Å². The normalized spacial score (nSPS) is 19.7. The van der Waals surface area contributed by atoms with Crippen molar-refractivity contribution in [2.75, 3.05) is 0 Å². The molecule has 1 fully saturated rings. The second kappa shape index (κ2) is 7.38. The first-order valence-electron chi connectivity index (χ1n) is 6.68. The van der Waals surface area contributed by atoms with E-state index in [-0.39, 0.29) is 12.3 Å². The Morgan fingerprint density at radius 1 is 1.27 bits per heavy atom. The molecule has 22 heavy (non-hydrogen) atoms. The van der Waals surface area contributed by atoms with Gasteiger partial charge in [-0.1, -0.05) is 0 Å². The summed E-state index contributed by atoms with van der Waals surface area (Å²) in [5.74, 6) is -3.19. The molecule has 7 N–H and O–H groups in total. The highest BCUT2D eigenvalue weighted by Crippen LogP contribution is 2.07. The average Bonchev–Trinajstić information content (AvgIpc) is 2.83. The maximum absolute atomic E-state index is 12.0. The molecule has 0 aromatic rings. The van der Waals surface area contributed by atoms with Crippen LogP contribution in [0.2, 0.25) is 0 Å². The number of carbonyl (C=O) groups excluding carboxylic acids is 5. The summed E-state index contributed by atoms with van der Waals surface area (Å²) in [4.78, 5) is 57.0. The molecule has 1 saturated heterocycles. The van der Waals surface area contributed by atoms with Crippen molar-refractivity contribution in [1.29, 1.82) is 0 Å². The summed E-state index contributed by atoms with van der Waals surface area (Å²) < 4.78 is 0. The highest BCUT2D eigenvalue weighted by Gasteiger charge is 2.31. The number of nitrogens with one attached hydrogen (secondary N) is 3. The molecule has 0 aromatic heterocycles. The lowest BCUT2D eigenvalue weighted by Gasteiger charge is -2.20. The van der Waals surface area contributed by atoms with E-state index in [0.29, 0.717) is 6.42 Å². The van der Waals surface area contributed by atoms with Gasteiger partial charge in [0, 0.05) is 6.42 Å². The molecule has 0 saturated carbocycles. The molecule has 0 radical (unpaired) electrons. The Kier molecular flexibility index (Phi) is 5.84. The van der Waals surface area contributed by atoms with Gasteiger partial charge in [0.1, 0.15) is 18.1 Å². The summed E-state index contributed by atoms with van der Waals surface area (Å²) in [6.07, 6.45) is 0.0699. The van der Waals surface area contributed by atoms with Gasteiger partial charge in [-0.3, -0.25) is 24.0 Å². The van der Waals surface area contributed by atoms with Gasteiger partial charge in [-0.05, 0) is 13.3 Å². The van der Waals surface area contributed by atoms with Gasteiger partial charge >= 0.3 is 0 Å². The predicted octanol–water partition coefficient (Wildman–Crippen LogP) is -3.38. The van der Waals surface area contributed by atoms with Crippen LogP contribution in [0.15, 0.2) is 0 Å². The van der Waals surface area contributed by atoms with Crippen molar-refractivity contribution in [2.45, 2.75) is 44.3 Å². The fraction of sp³-hybridized carbons (Fsp3) is 0.583. The van der Waals surface area contributed by atoms with Crippen LogP contribution >= 0.6 is 0 Å². The highest BCUT2D eigenvalue weighted by molar-refractivity contribution is 5.96. The molecule has 10 heteroatoms. The summed E-state index contributed by atoms with van der Waals surface area (Å²) in [5, 5.41) is 7.04. The van der Waals surface area contributed by atoms with Crippen LogP contribution in [0.3, 0.4) is 0 Å². The molecule has 1 rings (SSSR count). The van der Waals surface area contributed by atoms with Gasteiger partial charge in [-0.15, -0.1) is 0 Å². The summed E-state index contributed by atoms with van der Waals surface area (Å²) >= 11 is 0. The van der Waals surface area contributed by atoms with Gasteiger partial charge in [0.25, 0.3) is 0 Å². The van der Waals surface area contributed by atoms with Crippen molar-refractivity contribution in [1.82, 2.24) is 16.0 Å². The van der Waals surface area contributed by atoms with Gasteiger partial charge in [0.2, 0.25) is 29.5 Å². The minimum atomic E-state index is -1.25. The molecule has 0 bridgehead atoms. The van der Waals surface area contributed by atoms with Crippen LogP contribution in [0.25, 0.3) is 0 Å². The summed E-state index contributed by atoms with van der Waals surface area (Å²) in [6, 6.07) is -2.97. The minimum Gasteiger partial charge on any atom is -0.370 e. The Bertz CT molecular complexity index is 506. The Labute approximate surface area is 126 Å². The molecule has 0 unspecified atom stereocenters. The van der Waals surface area contributed by atoms with Crippen molar-refractivity contribution in [3.63, 3.8) is 0 Å². The number of amides is 5. The average molecular weight is 313 g/mol. The highest BCUT2D eigenvalue weighted by atomic mass is 16.2. The molecule has 3 atom stereocenters. The zero-order chi connectivity index (χ0) is 16.9. The fourth-order valence-corrected chi connectivity index (χ4v) is 1.88. The summed E-state index contributed by atoms with van der Waals surface area (Å²) in [5.41, 5.74) is 10.1. The van der Waals surface area contributed by atoms with Crippen LogP contribution in [-0.2, 0) is 24.0 Å². The van der Waals surface area contributed by atoms with E-state index >= 15 is 0 Å². The Morgan fingerprint density at radius 3 is 2.36 bits per heavy atom. The van der Waals surface area contributed by atoms with Crippen LogP contribution in [0, 0.1) is 0 Å². The molecular formula is C12H19N5O5. The number of hydrogen-bond donors (Lipinski definition) is 5. The monoisotopic (exact) mass is 313 g/mol.